The molecule has 0 atom stereocenters. The molecule has 0 aliphatic carbocycles. The van der Waals surface area contributed by atoms with E-state index in [4.69, 9.17) is 0 Å². The molecule has 10 heteroatoms. The van der Waals surface area contributed by atoms with E-state index in [9.17, 15) is 19.2 Å². The molecule has 0 spiro atoms. The summed E-state index contributed by atoms with van der Waals surface area (Å²) in [6.07, 6.45) is 5.81. The molecule has 0 aromatic heterocycles. The summed E-state index contributed by atoms with van der Waals surface area (Å²) in [5.41, 5.74) is 8.89. The highest BCUT2D eigenvalue weighted by molar-refractivity contribution is 5.99. The van der Waals surface area contributed by atoms with Crippen molar-refractivity contribution in [2.75, 3.05) is 22.9 Å². The van der Waals surface area contributed by atoms with Gasteiger partial charge in [-0.1, -0.05) is 32.0 Å². The molecule has 0 saturated carbocycles. The first-order valence-electron chi connectivity index (χ1n) is 14.1. The third-order valence-corrected chi connectivity index (χ3v) is 6.70. The highest BCUT2D eigenvalue weighted by Crippen LogP contribution is 2.22. The van der Waals surface area contributed by atoms with Gasteiger partial charge >= 0.3 is 0 Å². The van der Waals surface area contributed by atoms with E-state index in [1.54, 1.807) is 64.4 Å². The van der Waals surface area contributed by atoms with Crippen LogP contribution in [0.1, 0.15) is 71.4 Å². The van der Waals surface area contributed by atoms with Crippen LogP contribution in [0.3, 0.4) is 0 Å². The molecule has 4 amide bonds. The molecule has 3 aromatic carbocycles. The van der Waals surface area contributed by atoms with E-state index in [2.05, 4.69) is 21.1 Å². The third-order valence-electron chi connectivity index (χ3n) is 6.70. The lowest BCUT2D eigenvalue weighted by molar-refractivity contribution is -0.117. The smallest absolute Gasteiger partial charge is 0.271 e. The summed E-state index contributed by atoms with van der Waals surface area (Å²) in [5, 5.41) is 8.06. The molecule has 10 nitrogen and oxygen atoms in total. The Morgan fingerprint density at radius 3 is 1.43 bits per heavy atom. The summed E-state index contributed by atoms with van der Waals surface area (Å²) in [6, 6.07) is 21.0. The summed E-state index contributed by atoms with van der Waals surface area (Å²) in [5.74, 6) is -0.538. The van der Waals surface area contributed by atoms with Gasteiger partial charge in [0, 0.05) is 48.4 Å². The minimum atomic E-state index is -0.365. The summed E-state index contributed by atoms with van der Waals surface area (Å²) >= 11 is 0. The number of nitrogens with zero attached hydrogens (tertiary/aromatic N) is 4. The average molecular weight is 567 g/mol. The molecule has 2 aliphatic rings. The number of carbonyl (C=O) groups is 4. The predicted molar refractivity (Wildman–Crippen MR) is 164 cm³/mol. The fraction of sp³-hybridized carbons (Fsp3) is 0.250. The van der Waals surface area contributed by atoms with Crippen LogP contribution < -0.4 is 20.7 Å². The van der Waals surface area contributed by atoms with Gasteiger partial charge in [-0.2, -0.15) is 10.2 Å². The van der Waals surface area contributed by atoms with Gasteiger partial charge in [0.25, 0.3) is 11.8 Å². The monoisotopic (exact) mass is 566 g/mol. The second kappa shape index (κ2) is 14.5. The van der Waals surface area contributed by atoms with Crippen molar-refractivity contribution in [2.45, 2.75) is 39.5 Å². The van der Waals surface area contributed by atoms with Crippen LogP contribution in [0.25, 0.3) is 0 Å². The number of rotatable bonds is 8. The van der Waals surface area contributed by atoms with Gasteiger partial charge in [-0.05, 0) is 78.6 Å². The van der Waals surface area contributed by atoms with Crippen LogP contribution in [-0.4, -0.2) is 49.1 Å². The minimum Gasteiger partial charge on any atom is -0.312 e. The molecule has 0 unspecified atom stereocenters. The molecule has 2 N–H and O–H groups in total. The van der Waals surface area contributed by atoms with E-state index >= 15 is 0 Å². The molecule has 2 saturated heterocycles. The van der Waals surface area contributed by atoms with Crippen molar-refractivity contribution >= 4 is 47.4 Å². The third kappa shape index (κ3) is 7.54. The number of anilines is 2. The van der Waals surface area contributed by atoms with Crippen molar-refractivity contribution in [3.8, 4) is 0 Å². The zero-order valence-corrected chi connectivity index (χ0v) is 23.7. The van der Waals surface area contributed by atoms with E-state index in [1.807, 2.05) is 32.0 Å². The van der Waals surface area contributed by atoms with Gasteiger partial charge in [0.05, 0.1) is 12.4 Å². The number of nitrogens with one attached hydrogen (secondary N) is 2. The van der Waals surface area contributed by atoms with Crippen molar-refractivity contribution < 1.29 is 19.2 Å². The lowest BCUT2D eigenvalue weighted by Crippen LogP contribution is -2.24. The molecule has 216 valence electrons. The van der Waals surface area contributed by atoms with Gasteiger partial charge in [-0.25, -0.2) is 10.9 Å². The number of hydrazone groups is 2. The summed E-state index contributed by atoms with van der Waals surface area (Å²) < 4.78 is 0. The maximum Gasteiger partial charge on any atom is 0.271 e. The van der Waals surface area contributed by atoms with Gasteiger partial charge in [-0.15, -0.1) is 0 Å². The normalized spacial score (nSPS) is 14.8. The summed E-state index contributed by atoms with van der Waals surface area (Å²) in [6.45, 7) is 5.39. The van der Waals surface area contributed by atoms with Crippen LogP contribution in [0.4, 0.5) is 11.4 Å². The lowest BCUT2D eigenvalue weighted by Gasteiger charge is -2.15. The molecular weight excluding hydrogens is 532 g/mol. The zero-order valence-electron chi connectivity index (χ0n) is 23.7. The average Bonchev–Trinajstić information content (AvgIpc) is 3.66. The van der Waals surface area contributed by atoms with Gasteiger partial charge in [0.2, 0.25) is 11.8 Å². The second-order valence-corrected chi connectivity index (χ2v) is 9.46. The van der Waals surface area contributed by atoms with E-state index in [0.717, 1.165) is 35.3 Å². The standard InChI is InChI=1S/C30H28N6O4.C2H6/c37-27-6-2-16-35(27)25-12-8-23(9-13-25)29(39)33-31-19-21-4-1-5-22(18-21)20-32-34-30(40)24-10-14-26(15-11-24)36-17-3-7-28(36)38;1-2/h1,4-5,8-15,18-20H,2-3,6-7,16-17H2,(H,33,39)(H,34,40);1-2H3/b31-19+,32-20+;. The molecule has 3 aromatic rings. The Labute approximate surface area is 245 Å². The number of hydrogen-bond donors (Lipinski definition) is 2. The number of amides is 4. The summed E-state index contributed by atoms with van der Waals surface area (Å²) in [4.78, 5) is 52.1. The molecule has 5 rings (SSSR count). The number of carbonyl (C=O) groups excluding carboxylic acids is 4. The Morgan fingerprint density at radius 2 is 1.07 bits per heavy atom. The quantitative estimate of drug-likeness (QED) is 0.308. The van der Waals surface area contributed by atoms with E-state index < -0.39 is 0 Å². The van der Waals surface area contributed by atoms with Crippen molar-refractivity contribution in [1.29, 1.82) is 0 Å². The maximum absolute atomic E-state index is 12.4. The zero-order chi connectivity index (χ0) is 29.9. The fourth-order valence-corrected chi connectivity index (χ4v) is 4.61. The molecular formula is C32H34N6O4. The van der Waals surface area contributed by atoms with Crippen LogP contribution >= 0.6 is 0 Å². The van der Waals surface area contributed by atoms with Crippen LogP contribution in [0.2, 0.25) is 0 Å². The highest BCUT2D eigenvalue weighted by atomic mass is 16.2. The first kappa shape index (κ1) is 29.9. The minimum absolute atomic E-state index is 0.0960. The van der Waals surface area contributed by atoms with E-state index in [0.29, 0.717) is 37.1 Å². The van der Waals surface area contributed by atoms with E-state index in [-0.39, 0.29) is 23.6 Å². The van der Waals surface area contributed by atoms with Gasteiger partial charge in [0.1, 0.15) is 0 Å². The molecule has 0 radical (unpaired) electrons. The summed E-state index contributed by atoms with van der Waals surface area (Å²) in [7, 11) is 0. The first-order valence-corrected chi connectivity index (χ1v) is 14.1. The fourth-order valence-electron chi connectivity index (χ4n) is 4.61. The Balaban J connectivity index is 0.00000198. The highest BCUT2D eigenvalue weighted by Gasteiger charge is 2.22. The number of hydrogen-bond acceptors (Lipinski definition) is 6. The maximum atomic E-state index is 12.4. The van der Waals surface area contributed by atoms with Crippen molar-refractivity contribution in [3.63, 3.8) is 0 Å². The van der Waals surface area contributed by atoms with Crippen LogP contribution in [0, 0.1) is 0 Å². The molecule has 0 bridgehead atoms. The second-order valence-electron chi connectivity index (χ2n) is 9.46. The molecule has 42 heavy (non-hydrogen) atoms. The molecule has 2 heterocycles. The van der Waals surface area contributed by atoms with Crippen molar-refractivity contribution in [2.24, 2.45) is 10.2 Å². The Hall–Kier alpha value is -5.12. The Morgan fingerprint density at radius 1 is 0.667 bits per heavy atom. The largest absolute Gasteiger partial charge is 0.312 e. The van der Waals surface area contributed by atoms with Gasteiger partial charge in [0.15, 0.2) is 0 Å². The van der Waals surface area contributed by atoms with Crippen LogP contribution in [0.5, 0.6) is 0 Å². The van der Waals surface area contributed by atoms with Crippen LogP contribution in [-0.2, 0) is 9.59 Å². The van der Waals surface area contributed by atoms with Gasteiger partial charge < -0.3 is 9.80 Å². The van der Waals surface area contributed by atoms with Gasteiger partial charge in [-0.3, -0.25) is 19.2 Å². The van der Waals surface area contributed by atoms with E-state index in [1.165, 1.54) is 12.4 Å². The SMILES string of the molecule is CC.O=C(N/N=C/c1cccc(/C=N/NC(=O)c2ccc(N3CCCC3=O)cc2)c1)c1ccc(N2CCCC2=O)cc1. The van der Waals surface area contributed by atoms with Crippen molar-refractivity contribution in [1.82, 2.24) is 10.9 Å². The predicted octanol–water partition coefficient (Wildman–Crippen LogP) is 4.49. The van der Waals surface area contributed by atoms with Crippen molar-refractivity contribution in [3.05, 3.63) is 95.1 Å². The molecule has 2 fully saturated rings. The molecule has 2 aliphatic heterocycles. The first-order chi connectivity index (χ1) is 20.5. The Bertz CT molecular complexity index is 1370. The Kier molecular flexibility index (Phi) is 10.3. The lowest BCUT2D eigenvalue weighted by atomic mass is 10.1. The number of benzene rings is 3. The van der Waals surface area contributed by atoms with Crippen LogP contribution in [0.15, 0.2) is 83.0 Å². The topological polar surface area (TPSA) is 124 Å².